The first-order valence-corrected chi connectivity index (χ1v) is 9.09. The van der Waals surface area contributed by atoms with Gasteiger partial charge in [-0.15, -0.1) is 0 Å². The van der Waals surface area contributed by atoms with Crippen LogP contribution in [0.25, 0.3) is 0 Å². The highest BCUT2D eigenvalue weighted by atomic mass is 35.5. The Morgan fingerprint density at radius 3 is 2.13 bits per heavy atom. The summed E-state index contributed by atoms with van der Waals surface area (Å²) in [5.74, 6) is 0.216. The zero-order valence-electron chi connectivity index (χ0n) is 12.4. The fourth-order valence-corrected chi connectivity index (χ4v) is 4.56. The Kier molecular flexibility index (Phi) is 4.48. The van der Waals surface area contributed by atoms with Gasteiger partial charge in [0.25, 0.3) is 0 Å². The SMILES string of the molecule is O=S(=O)(c1ccccc1Cl)N1CCN(c2ccc(O)cc2)CC1. The van der Waals surface area contributed by atoms with Gasteiger partial charge in [0.1, 0.15) is 10.6 Å². The van der Waals surface area contributed by atoms with Gasteiger partial charge in [-0.2, -0.15) is 4.31 Å². The Hall–Kier alpha value is -1.76. The van der Waals surface area contributed by atoms with E-state index in [1.807, 2.05) is 12.1 Å². The maximum Gasteiger partial charge on any atom is 0.244 e. The number of benzene rings is 2. The predicted molar refractivity (Wildman–Crippen MR) is 90.5 cm³/mol. The van der Waals surface area contributed by atoms with Crippen LogP contribution in [0.4, 0.5) is 5.69 Å². The molecule has 1 aliphatic heterocycles. The molecule has 122 valence electrons. The van der Waals surface area contributed by atoms with Gasteiger partial charge in [0.05, 0.1) is 5.02 Å². The Balaban J connectivity index is 1.74. The van der Waals surface area contributed by atoms with Crippen LogP contribution >= 0.6 is 11.6 Å². The molecule has 0 aliphatic carbocycles. The molecule has 2 aromatic rings. The van der Waals surface area contributed by atoms with Gasteiger partial charge >= 0.3 is 0 Å². The van der Waals surface area contributed by atoms with Crippen molar-refractivity contribution in [3.05, 3.63) is 53.6 Å². The Labute approximate surface area is 140 Å². The van der Waals surface area contributed by atoms with Gasteiger partial charge in [0.15, 0.2) is 0 Å². The summed E-state index contributed by atoms with van der Waals surface area (Å²) >= 11 is 6.03. The minimum atomic E-state index is -3.57. The second-order valence-electron chi connectivity index (χ2n) is 5.34. The molecule has 0 amide bonds. The fourth-order valence-electron chi connectivity index (χ4n) is 2.64. The first-order chi connectivity index (χ1) is 11.0. The highest BCUT2D eigenvalue weighted by Crippen LogP contribution is 2.26. The molecule has 0 atom stereocenters. The smallest absolute Gasteiger partial charge is 0.244 e. The zero-order chi connectivity index (χ0) is 16.4. The molecule has 7 heteroatoms. The van der Waals surface area contributed by atoms with Crippen molar-refractivity contribution in [2.45, 2.75) is 4.90 Å². The van der Waals surface area contributed by atoms with Crippen molar-refractivity contribution >= 4 is 27.3 Å². The standard InChI is InChI=1S/C16H17ClN2O3S/c17-15-3-1-2-4-16(15)23(21,22)19-11-9-18(10-12-19)13-5-7-14(20)8-6-13/h1-8,20H,9-12H2. The highest BCUT2D eigenvalue weighted by Gasteiger charge is 2.29. The number of hydrogen-bond donors (Lipinski definition) is 1. The average molecular weight is 353 g/mol. The van der Waals surface area contributed by atoms with Crippen molar-refractivity contribution in [2.24, 2.45) is 0 Å². The summed E-state index contributed by atoms with van der Waals surface area (Å²) < 4.78 is 26.8. The quantitative estimate of drug-likeness (QED) is 0.922. The van der Waals surface area contributed by atoms with Gasteiger partial charge in [-0.25, -0.2) is 8.42 Å². The third-order valence-corrected chi connectivity index (χ3v) is 6.31. The maximum atomic E-state index is 12.7. The summed E-state index contributed by atoms with van der Waals surface area (Å²) in [5.41, 5.74) is 0.970. The van der Waals surface area contributed by atoms with Crippen LogP contribution in [0.1, 0.15) is 0 Å². The normalized spacial score (nSPS) is 16.5. The second kappa shape index (κ2) is 6.39. The molecule has 0 saturated carbocycles. The topological polar surface area (TPSA) is 60.9 Å². The molecule has 0 radical (unpaired) electrons. The van der Waals surface area contributed by atoms with Gasteiger partial charge in [-0.3, -0.25) is 0 Å². The molecule has 1 heterocycles. The predicted octanol–water partition coefficient (Wildman–Crippen LogP) is 2.56. The van der Waals surface area contributed by atoms with Gasteiger partial charge < -0.3 is 10.0 Å². The molecular weight excluding hydrogens is 336 g/mol. The molecule has 23 heavy (non-hydrogen) atoms. The van der Waals surface area contributed by atoms with Crippen molar-refractivity contribution in [3.8, 4) is 5.75 Å². The third-order valence-electron chi connectivity index (χ3n) is 3.91. The molecule has 2 aromatic carbocycles. The molecule has 3 rings (SSSR count). The van der Waals surface area contributed by atoms with E-state index in [0.717, 1.165) is 5.69 Å². The molecule has 1 fully saturated rings. The number of aromatic hydroxyl groups is 1. The van der Waals surface area contributed by atoms with E-state index in [4.69, 9.17) is 11.6 Å². The number of hydrogen-bond acceptors (Lipinski definition) is 4. The van der Waals surface area contributed by atoms with Crippen LogP contribution in [-0.2, 0) is 10.0 Å². The second-order valence-corrected chi connectivity index (χ2v) is 7.65. The molecule has 0 unspecified atom stereocenters. The van der Waals surface area contributed by atoms with E-state index >= 15 is 0 Å². The van der Waals surface area contributed by atoms with Crippen LogP contribution in [-0.4, -0.2) is 44.0 Å². The molecule has 1 saturated heterocycles. The van der Waals surface area contributed by atoms with E-state index in [9.17, 15) is 13.5 Å². The van der Waals surface area contributed by atoms with Crippen LogP contribution in [0.3, 0.4) is 0 Å². The van der Waals surface area contributed by atoms with Crippen LogP contribution in [0.15, 0.2) is 53.4 Å². The Morgan fingerprint density at radius 1 is 0.913 bits per heavy atom. The van der Waals surface area contributed by atoms with E-state index in [-0.39, 0.29) is 15.7 Å². The van der Waals surface area contributed by atoms with E-state index in [2.05, 4.69) is 4.90 Å². The summed E-state index contributed by atoms with van der Waals surface area (Å²) in [6.45, 7) is 1.98. The monoisotopic (exact) mass is 352 g/mol. The first kappa shape index (κ1) is 16.1. The minimum absolute atomic E-state index is 0.153. The number of anilines is 1. The number of sulfonamides is 1. The molecule has 0 spiro atoms. The molecule has 0 aromatic heterocycles. The number of halogens is 1. The Morgan fingerprint density at radius 2 is 1.52 bits per heavy atom. The lowest BCUT2D eigenvalue weighted by atomic mass is 10.2. The summed E-state index contributed by atoms with van der Waals surface area (Å²) in [6.07, 6.45) is 0. The average Bonchev–Trinajstić information content (AvgIpc) is 2.56. The lowest BCUT2D eigenvalue weighted by molar-refractivity contribution is 0.385. The number of rotatable bonds is 3. The largest absolute Gasteiger partial charge is 0.508 e. The van der Waals surface area contributed by atoms with Crippen LogP contribution < -0.4 is 4.90 Å². The third kappa shape index (κ3) is 3.29. The minimum Gasteiger partial charge on any atom is -0.508 e. The van der Waals surface area contributed by atoms with Gasteiger partial charge in [0.2, 0.25) is 10.0 Å². The van der Waals surface area contributed by atoms with E-state index in [1.165, 1.54) is 10.4 Å². The van der Waals surface area contributed by atoms with Gasteiger partial charge in [-0.05, 0) is 36.4 Å². The number of phenolic OH excluding ortho intramolecular Hbond substituents is 1. The van der Waals surface area contributed by atoms with Crippen molar-refractivity contribution in [1.29, 1.82) is 0 Å². The van der Waals surface area contributed by atoms with Gasteiger partial charge in [-0.1, -0.05) is 23.7 Å². The lowest BCUT2D eigenvalue weighted by Crippen LogP contribution is -2.48. The molecule has 5 nitrogen and oxygen atoms in total. The van der Waals surface area contributed by atoms with Crippen LogP contribution in [0.5, 0.6) is 5.75 Å². The highest BCUT2D eigenvalue weighted by molar-refractivity contribution is 7.89. The summed E-state index contributed by atoms with van der Waals surface area (Å²) in [7, 11) is -3.57. The fraction of sp³-hybridized carbons (Fsp3) is 0.250. The Bertz CT molecular complexity index is 785. The van der Waals surface area contributed by atoms with E-state index < -0.39 is 10.0 Å². The van der Waals surface area contributed by atoms with Gasteiger partial charge in [0, 0.05) is 31.9 Å². The summed E-state index contributed by atoms with van der Waals surface area (Å²) in [5, 5.41) is 9.58. The number of nitrogens with zero attached hydrogens (tertiary/aromatic N) is 2. The number of phenols is 1. The van der Waals surface area contributed by atoms with Crippen molar-refractivity contribution in [2.75, 3.05) is 31.1 Å². The molecule has 0 bridgehead atoms. The van der Waals surface area contributed by atoms with E-state index in [0.29, 0.717) is 26.2 Å². The maximum absolute atomic E-state index is 12.7. The first-order valence-electron chi connectivity index (χ1n) is 7.27. The van der Waals surface area contributed by atoms with Crippen LogP contribution in [0.2, 0.25) is 5.02 Å². The van der Waals surface area contributed by atoms with Crippen molar-refractivity contribution in [1.82, 2.24) is 4.31 Å². The van der Waals surface area contributed by atoms with Crippen LogP contribution in [0, 0.1) is 0 Å². The summed E-state index contributed by atoms with van der Waals surface area (Å²) in [6, 6.07) is 13.4. The molecule has 1 aliphatic rings. The summed E-state index contributed by atoms with van der Waals surface area (Å²) in [4.78, 5) is 2.25. The molecular formula is C16H17ClN2O3S. The van der Waals surface area contributed by atoms with Crippen molar-refractivity contribution < 1.29 is 13.5 Å². The lowest BCUT2D eigenvalue weighted by Gasteiger charge is -2.35. The molecule has 1 N–H and O–H groups in total. The van der Waals surface area contributed by atoms with Crippen molar-refractivity contribution in [3.63, 3.8) is 0 Å². The number of piperazine rings is 1. The zero-order valence-corrected chi connectivity index (χ0v) is 14.0. The van der Waals surface area contributed by atoms with E-state index in [1.54, 1.807) is 30.3 Å².